The van der Waals surface area contributed by atoms with E-state index in [0.29, 0.717) is 6.42 Å². The van der Waals surface area contributed by atoms with Gasteiger partial charge in [0, 0.05) is 12.4 Å². The summed E-state index contributed by atoms with van der Waals surface area (Å²) in [5.41, 5.74) is 2.25. The molecule has 0 saturated heterocycles. The molecule has 0 aliphatic heterocycles. The van der Waals surface area contributed by atoms with Gasteiger partial charge in [0.05, 0.1) is 5.56 Å². The lowest BCUT2D eigenvalue weighted by molar-refractivity contribution is -0.182. The zero-order chi connectivity index (χ0) is 12.1. The van der Waals surface area contributed by atoms with E-state index in [1.54, 1.807) is 12.3 Å². The molecule has 1 aromatic heterocycles. The SMILES string of the molecule is O=C(OO)c1cncc(Cc2ccccc2)c1. The number of nitrogens with zero attached hydrogens (tertiary/aromatic N) is 1. The molecule has 2 aromatic rings. The lowest BCUT2D eigenvalue weighted by Crippen LogP contribution is -2.03. The Morgan fingerprint density at radius 3 is 2.65 bits per heavy atom. The summed E-state index contributed by atoms with van der Waals surface area (Å²) in [4.78, 5) is 18.7. The molecule has 0 aliphatic rings. The van der Waals surface area contributed by atoms with Crippen molar-refractivity contribution in [1.29, 1.82) is 0 Å². The Kier molecular flexibility index (Phi) is 3.47. The fraction of sp³-hybridized carbons (Fsp3) is 0.0769. The van der Waals surface area contributed by atoms with Crippen molar-refractivity contribution in [3.8, 4) is 0 Å². The normalized spacial score (nSPS) is 9.94. The van der Waals surface area contributed by atoms with Gasteiger partial charge < -0.3 is 0 Å². The molecule has 0 unspecified atom stereocenters. The molecule has 2 rings (SSSR count). The van der Waals surface area contributed by atoms with Crippen molar-refractivity contribution in [3.05, 3.63) is 65.5 Å². The number of benzene rings is 1. The molecular formula is C13H11NO3. The van der Waals surface area contributed by atoms with Crippen LogP contribution in [-0.4, -0.2) is 16.2 Å². The van der Waals surface area contributed by atoms with E-state index in [9.17, 15) is 4.79 Å². The van der Waals surface area contributed by atoms with Crippen molar-refractivity contribution in [3.63, 3.8) is 0 Å². The van der Waals surface area contributed by atoms with Crippen molar-refractivity contribution >= 4 is 5.97 Å². The van der Waals surface area contributed by atoms with Gasteiger partial charge >= 0.3 is 5.97 Å². The van der Waals surface area contributed by atoms with Crippen LogP contribution in [0, 0.1) is 0 Å². The second kappa shape index (κ2) is 5.23. The molecule has 4 nitrogen and oxygen atoms in total. The minimum absolute atomic E-state index is 0.237. The molecule has 0 bridgehead atoms. The van der Waals surface area contributed by atoms with E-state index in [2.05, 4.69) is 9.87 Å². The predicted molar refractivity (Wildman–Crippen MR) is 61.5 cm³/mol. The van der Waals surface area contributed by atoms with Gasteiger partial charge in [0.15, 0.2) is 0 Å². The maximum Gasteiger partial charge on any atom is 0.374 e. The Morgan fingerprint density at radius 1 is 1.18 bits per heavy atom. The van der Waals surface area contributed by atoms with Crippen LogP contribution < -0.4 is 0 Å². The fourth-order valence-corrected chi connectivity index (χ4v) is 1.58. The highest BCUT2D eigenvalue weighted by Gasteiger charge is 2.08. The summed E-state index contributed by atoms with van der Waals surface area (Å²) < 4.78 is 0. The minimum atomic E-state index is -0.799. The Balaban J connectivity index is 2.20. The third-order valence-corrected chi connectivity index (χ3v) is 2.36. The number of carbonyl (C=O) groups is 1. The van der Waals surface area contributed by atoms with Crippen molar-refractivity contribution in [2.24, 2.45) is 0 Å². The van der Waals surface area contributed by atoms with E-state index in [4.69, 9.17) is 5.26 Å². The molecule has 0 amide bonds. The second-order valence-corrected chi connectivity index (χ2v) is 3.62. The second-order valence-electron chi connectivity index (χ2n) is 3.62. The maximum atomic E-state index is 11.1. The van der Waals surface area contributed by atoms with Crippen molar-refractivity contribution in [1.82, 2.24) is 4.98 Å². The number of aromatic nitrogens is 1. The van der Waals surface area contributed by atoms with Crippen LogP contribution in [0.25, 0.3) is 0 Å². The number of pyridine rings is 1. The third-order valence-electron chi connectivity index (χ3n) is 2.36. The Bertz CT molecular complexity index is 511. The molecule has 0 spiro atoms. The monoisotopic (exact) mass is 229 g/mol. The Morgan fingerprint density at radius 2 is 1.94 bits per heavy atom. The van der Waals surface area contributed by atoms with Gasteiger partial charge in [0.25, 0.3) is 0 Å². The molecule has 1 aromatic carbocycles. The van der Waals surface area contributed by atoms with E-state index in [1.807, 2.05) is 30.3 Å². The first kappa shape index (κ1) is 11.3. The quantitative estimate of drug-likeness (QED) is 0.648. The van der Waals surface area contributed by atoms with Gasteiger partial charge in [-0.2, -0.15) is 5.26 Å². The molecular weight excluding hydrogens is 218 g/mol. The molecule has 0 saturated carbocycles. The molecule has 0 atom stereocenters. The fourth-order valence-electron chi connectivity index (χ4n) is 1.58. The summed E-state index contributed by atoms with van der Waals surface area (Å²) in [5.74, 6) is -0.799. The number of rotatable bonds is 3. The largest absolute Gasteiger partial charge is 0.374 e. The van der Waals surface area contributed by atoms with Gasteiger partial charge in [0.1, 0.15) is 0 Å². The van der Waals surface area contributed by atoms with Crippen molar-refractivity contribution in [2.45, 2.75) is 6.42 Å². The molecule has 1 N–H and O–H groups in total. The van der Waals surface area contributed by atoms with E-state index in [1.165, 1.54) is 6.20 Å². The lowest BCUT2D eigenvalue weighted by Gasteiger charge is -2.02. The van der Waals surface area contributed by atoms with Crippen LogP contribution >= 0.6 is 0 Å². The molecule has 1 heterocycles. The standard InChI is InChI=1S/C13H11NO3/c15-13(17-16)12-7-11(8-14-9-12)6-10-4-2-1-3-5-10/h1-5,7-9,16H,6H2. The average molecular weight is 229 g/mol. The van der Waals surface area contributed by atoms with E-state index in [0.717, 1.165) is 11.1 Å². The summed E-state index contributed by atoms with van der Waals surface area (Å²) in [6.07, 6.45) is 3.72. The van der Waals surface area contributed by atoms with E-state index >= 15 is 0 Å². The summed E-state index contributed by atoms with van der Waals surface area (Å²) in [5, 5.41) is 8.29. The topological polar surface area (TPSA) is 59.4 Å². The highest BCUT2D eigenvalue weighted by Crippen LogP contribution is 2.10. The third kappa shape index (κ3) is 2.89. The first-order chi connectivity index (χ1) is 8.29. The number of hydrogen-bond donors (Lipinski definition) is 1. The predicted octanol–water partition coefficient (Wildman–Crippen LogP) is 2.30. The Labute approximate surface area is 98.4 Å². The average Bonchev–Trinajstić information content (AvgIpc) is 2.39. The summed E-state index contributed by atoms with van der Waals surface area (Å²) in [7, 11) is 0. The molecule has 86 valence electrons. The van der Waals surface area contributed by atoms with Crippen LogP contribution in [0.1, 0.15) is 21.5 Å². The molecule has 0 fully saturated rings. The maximum absolute atomic E-state index is 11.1. The zero-order valence-corrected chi connectivity index (χ0v) is 9.04. The van der Waals surface area contributed by atoms with Gasteiger partial charge in [0.2, 0.25) is 0 Å². The summed E-state index contributed by atoms with van der Waals surface area (Å²) in [6.45, 7) is 0. The molecule has 0 radical (unpaired) electrons. The molecule has 4 heteroatoms. The first-order valence-electron chi connectivity index (χ1n) is 5.13. The minimum Gasteiger partial charge on any atom is -0.295 e. The van der Waals surface area contributed by atoms with Crippen LogP contribution in [-0.2, 0) is 11.3 Å². The molecule has 17 heavy (non-hydrogen) atoms. The summed E-state index contributed by atoms with van der Waals surface area (Å²) in [6, 6.07) is 11.5. The highest BCUT2D eigenvalue weighted by atomic mass is 17.1. The molecule has 0 aliphatic carbocycles. The Hall–Kier alpha value is -2.20. The number of carbonyl (C=O) groups excluding carboxylic acids is 1. The van der Waals surface area contributed by atoms with Gasteiger partial charge in [-0.25, -0.2) is 4.79 Å². The van der Waals surface area contributed by atoms with E-state index in [-0.39, 0.29) is 5.56 Å². The zero-order valence-electron chi connectivity index (χ0n) is 9.04. The van der Waals surface area contributed by atoms with Crippen LogP contribution in [0.2, 0.25) is 0 Å². The van der Waals surface area contributed by atoms with Crippen LogP contribution in [0.15, 0.2) is 48.8 Å². The lowest BCUT2D eigenvalue weighted by atomic mass is 10.1. The highest BCUT2D eigenvalue weighted by molar-refractivity contribution is 5.88. The van der Waals surface area contributed by atoms with Crippen molar-refractivity contribution < 1.29 is 14.9 Å². The number of hydrogen-bond acceptors (Lipinski definition) is 4. The van der Waals surface area contributed by atoms with Gasteiger partial charge in [-0.1, -0.05) is 30.3 Å². The van der Waals surface area contributed by atoms with Crippen molar-refractivity contribution in [2.75, 3.05) is 0 Å². The first-order valence-corrected chi connectivity index (χ1v) is 5.13. The van der Waals surface area contributed by atoms with Gasteiger partial charge in [-0.3, -0.25) is 9.87 Å². The van der Waals surface area contributed by atoms with Crippen LogP contribution in [0.4, 0.5) is 0 Å². The van der Waals surface area contributed by atoms with Crippen LogP contribution in [0.5, 0.6) is 0 Å². The summed E-state index contributed by atoms with van der Waals surface area (Å²) >= 11 is 0. The van der Waals surface area contributed by atoms with Gasteiger partial charge in [-0.05, 0) is 23.6 Å². The van der Waals surface area contributed by atoms with Crippen LogP contribution in [0.3, 0.4) is 0 Å². The smallest absolute Gasteiger partial charge is 0.295 e. The van der Waals surface area contributed by atoms with Gasteiger partial charge in [-0.15, -0.1) is 0 Å². The van der Waals surface area contributed by atoms with E-state index < -0.39 is 5.97 Å².